The summed E-state index contributed by atoms with van der Waals surface area (Å²) in [5, 5.41) is 4.87. The Kier molecular flexibility index (Phi) is 6.53. The molecule has 3 atom stereocenters. The Morgan fingerprint density at radius 3 is 2.70 bits per heavy atom. The van der Waals surface area contributed by atoms with E-state index in [1.165, 1.54) is 18.3 Å². The molecule has 148 valence electrons. The number of amides is 3. The SMILES string of the molecule is CC(=O)N1CSC[C@H]1C(=O)N1CC(CNC(=O)c2csc(Br)c2C)CC1C. The van der Waals surface area contributed by atoms with Gasteiger partial charge in [0.2, 0.25) is 11.8 Å². The van der Waals surface area contributed by atoms with Crippen LogP contribution < -0.4 is 5.32 Å². The van der Waals surface area contributed by atoms with Crippen molar-refractivity contribution in [2.24, 2.45) is 5.92 Å². The number of nitrogens with one attached hydrogen (secondary N) is 1. The summed E-state index contributed by atoms with van der Waals surface area (Å²) in [6, 6.07) is -0.232. The van der Waals surface area contributed by atoms with Crippen molar-refractivity contribution >= 4 is 56.8 Å². The minimum atomic E-state index is -0.353. The van der Waals surface area contributed by atoms with E-state index in [0.717, 1.165) is 15.8 Å². The lowest BCUT2D eigenvalue weighted by Crippen LogP contribution is -2.49. The third-order valence-electron chi connectivity index (χ3n) is 5.29. The van der Waals surface area contributed by atoms with E-state index >= 15 is 0 Å². The van der Waals surface area contributed by atoms with Crippen LogP contribution in [0.5, 0.6) is 0 Å². The summed E-state index contributed by atoms with van der Waals surface area (Å²) in [5.41, 5.74) is 1.66. The molecule has 0 radical (unpaired) electrons. The van der Waals surface area contributed by atoms with Gasteiger partial charge in [-0.05, 0) is 47.7 Å². The van der Waals surface area contributed by atoms with E-state index in [2.05, 4.69) is 21.2 Å². The quantitative estimate of drug-likeness (QED) is 0.729. The minimum absolute atomic E-state index is 0.0362. The first kappa shape index (κ1) is 20.7. The van der Waals surface area contributed by atoms with E-state index in [1.54, 1.807) is 16.7 Å². The second-order valence-electron chi connectivity index (χ2n) is 7.20. The maximum atomic E-state index is 13.0. The molecule has 0 bridgehead atoms. The van der Waals surface area contributed by atoms with Crippen molar-refractivity contribution in [1.82, 2.24) is 15.1 Å². The van der Waals surface area contributed by atoms with Gasteiger partial charge in [-0.3, -0.25) is 14.4 Å². The summed E-state index contributed by atoms with van der Waals surface area (Å²) in [5.74, 6) is 1.40. The summed E-state index contributed by atoms with van der Waals surface area (Å²) < 4.78 is 0.975. The van der Waals surface area contributed by atoms with Crippen LogP contribution in [0.4, 0.5) is 0 Å². The molecule has 2 saturated heterocycles. The van der Waals surface area contributed by atoms with Gasteiger partial charge >= 0.3 is 0 Å². The Balaban J connectivity index is 1.56. The van der Waals surface area contributed by atoms with Crippen LogP contribution in [0.3, 0.4) is 0 Å². The van der Waals surface area contributed by atoms with Crippen molar-refractivity contribution in [2.45, 2.75) is 39.3 Å². The van der Waals surface area contributed by atoms with E-state index in [0.29, 0.717) is 30.3 Å². The fourth-order valence-corrected chi connectivity index (χ4v) is 6.19. The largest absolute Gasteiger partial charge is 0.352 e. The number of rotatable bonds is 4. The van der Waals surface area contributed by atoms with Gasteiger partial charge in [0, 0.05) is 37.2 Å². The highest BCUT2D eigenvalue weighted by Crippen LogP contribution is 2.29. The Morgan fingerprint density at radius 1 is 1.33 bits per heavy atom. The molecule has 1 aromatic rings. The number of nitrogens with zero attached hydrogens (tertiary/aromatic N) is 2. The number of hydrogen-bond acceptors (Lipinski definition) is 5. The van der Waals surface area contributed by atoms with Crippen LogP contribution in [-0.4, -0.2) is 64.3 Å². The minimum Gasteiger partial charge on any atom is -0.352 e. The number of likely N-dealkylation sites (tertiary alicyclic amines) is 1. The van der Waals surface area contributed by atoms with Crippen molar-refractivity contribution < 1.29 is 14.4 Å². The molecular formula is C18H24BrN3O3S2. The third kappa shape index (κ3) is 4.35. The molecule has 6 nitrogen and oxygen atoms in total. The molecular weight excluding hydrogens is 450 g/mol. The van der Waals surface area contributed by atoms with Gasteiger partial charge in [-0.1, -0.05) is 0 Å². The maximum Gasteiger partial charge on any atom is 0.252 e. The van der Waals surface area contributed by atoms with Crippen LogP contribution >= 0.6 is 39.0 Å². The lowest BCUT2D eigenvalue weighted by molar-refractivity contribution is -0.142. The van der Waals surface area contributed by atoms with Crippen molar-refractivity contribution in [3.8, 4) is 0 Å². The smallest absolute Gasteiger partial charge is 0.252 e. The highest BCUT2D eigenvalue weighted by molar-refractivity contribution is 9.11. The Labute approximate surface area is 176 Å². The van der Waals surface area contributed by atoms with E-state index in [-0.39, 0.29) is 35.7 Å². The summed E-state index contributed by atoms with van der Waals surface area (Å²) in [4.78, 5) is 40.7. The molecule has 1 N–H and O–H groups in total. The maximum absolute atomic E-state index is 13.0. The van der Waals surface area contributed by atoms with Crippen molar-refractivity contribution in [3.63, 3.8) is 0 Å². The highest BCUT2D eigenvalue weighted by Gasteiger charge is 2.40. The monoisotopic (exact) mass is 473 g/mol. The molecule has 2 aliphatic rings. The molecule has 1 aromatic heterocycles. The molecule has 2 unspecified atom stereocenters. The van der Waals surface area contributed by atoms with E-state index in [9.17, 15) is 14.4 Å². The molecule has 0 aliphatic carbocycles. The number of carbonyl (C=O) groups is 3. The zero-order chi connectivity index (χ0) is 19.7. The predicted octanol–water partition coefficient (Wildman–Crippen LogP) is 2.71. The van der Waals surface area contributed by atoms with Crippen molar-refractivity contribution in [1.29, 1.82) is 0 Å². The molecule has 0 aromatic carbocycles. The third-order valence-corrected chi connectivity index (χ3v) is 8.33. The highest BCUT2D eigenvalue weighted by atomic mass is 79.9. The molecule has 0 saturated carbocycles. The molecule has 27 heavy (non-hydrogen) atoms. The molecule has 0 spiro atoms. The van der Waals surface area contributed by atoms with Crippen LogP contribution in [0, 0.1) is 12.8 Å². The standard InChI is InChI=1S/C18H24BrN3O3S2/c1-10-4-13(5-20-17(24)14-7-27-16(19)11(14)2)6-21(10)18(25)15-8-26-9-22(15)12(3)23/h7,10,13,15H,4-6,8-9H2,1-3H3,(H,20,24)/t10?,13?,15-/m0/s1. The van der Waals surface area contributed by atoms with Gasteiger partial charge in [0.05, 0.1) is 15.2 Å². The molecule has 2 fully saturated rings. The predicted molar refractivity (Wildman–Crippen MR) is 112 cm³/mol. The van der Waals surface area contributed by atoms with Gasteiger partial charge in [-0.25, -0.2) is 0 Å². The average Bonchev–Trinajstić information content (AvgIpc) is 3.32. The van der Waals surface area contributed by atoms with Crippen LogP contribution in [-0.2, 0) is 9.59 Å². The summed E-state index contributed by atoms with van der Waals surface area (Å²) in [6.07, 6.45) is 0.859. The normalized spacial score (nSPS) is 25.1. The zero-order valence-corrected chi connectivity index (χ0v) is 18.9. The van der Waals surface area contributed by atoms with Gasteiger partial charge < -0.3 is 15.1 Å². The number of hydrogen-bond donors (Lipinski definition) is 1. The topological polar surface area (TPSA) is 69.7 Å². The van der Waals surface area contributed by atoms with Crippen molar-refractivity contribution in [2.75, 3.05) is 24.7 Å². The number of thioether (sulfide) groups is 1. The Hall–Kier alpha value is -1.06. The van der Waals surface area contributed by atoms with E-state index in [1.807, 2.05) is 24.1 Å². The van der Waals surface area contributed by atoms with Crippen LogP contribution in [0.15, 0.2) is 9.17 Å². The van der Waals surface area contributed by atoms with Gasteiger partial charge in [0.1, 0.15) is 6.04 Å². The second kappa shape index (κ2) is 8.53. The Bertz CT molecular complexity index is 754. The van der Waals surface area contributed by atoms with Gasteiger partial charge in [-0.15, -0.1) is 23.1 Å². The molecule has 3 heterocycles. The summed E-state index contributed by atoms with van der Waals surface area (Å²) in [7, 11) is 0. The molecule has 3 rings (SSSR count). The van der Waals surface area contributed by atoms with Crippen LogP contribution in [0.25, 0.3) is 0 Å². The molecule has 9 heteroatoms. The lowest BCUT2D eigenvalue weighted by atomic mass is 10.1. The van der Waals surface area contributed by atoms with Gasteiger partial charge in [-0.2, -0.15) is 0 Å². The first-order valence-electron chi connectivity index (χ1n) is 8.96. The fourth-order valence-electron chi connectivity index (χ4n) is 3.70. The average molecular weight is 474 g/mol. The molecule has 2 aliphatic heterocycles. The zero-order valence-electron chi connectivity index (χ0n) is 15.7. The Morgan fingerprint density at radius 2 is 2.07 bits per heavy atom. The van der Waals surface area contributed by atoms with Gasteiger partial charge in [0.25, 0.3) is 5.91 Å². The number of carbonyl (C=O) groups excluding carboxylic acids is 3. The number of halogens is 1. The van der Waals surface area contributed by atoms with Crippen molar-refractivity contribution in [3.05, 3.63) is 20.3 Å². The molecule has 3 amide bonds. The van der Waals surface area contributed by atoms with E-state index in [4.69, 9.17) is 0 Å². The summed E-state index contributed by atoms with van der Waals surface area (Å²) in [6.45, 7) is 6.66. The van der Waals surface area contributed by atoms with Crippen LogP contribution in [0.1, 0.15) is 36.2 Å². The first-order chi connectivity index (χ1) is 12.8. The second-order valence-corrected chi connectivity index (χ2v) is 10.4. The fraction of sp³-hybridized carbons (Fsp3) is 0.611. The van der Waals surface area contributed by atoms with Gasteiger partial charge in [0.15, 0.2) is 0 Å². The lowest BCUT2D eigenvalue weighted by Gasteiger charge is -2.29. The number of thiophene rings is 1. The first-order valence-corrected chi connectivity index (χ1v) is 11.8. The summed E-state index contributed by atoms with van der Waals surface area (Å²) >= 11 is 6.57. The van der Waals surface area contributed by atoms with E-state index < -0.39 is 0 Å². The van der Waals surface area contributed by atoms with Crippen LogP contribution in [0.2, 0.25) is 0 Å².